The first-order valence-corrected chi connectivity index (χ1v) is 4.65. The van der Waals surface area contributed by atoms with Gasteiger partial charge in [-0.05, 0) is 34.0 Å². The summed E-state index contributed by atoms with van der Waals surface area (Å²) >= 11 is 0. The average Bonchev–Trinajstić information content (AvgIpc) is 2.61. The quantitative estimate of drug-likeness (QED) is 0.638. The van der Waals surface area contributed by atoms with E-state index in [0.717, 1.165) is 13.1 Å². The molecule has 1 heterocycles. The summed E-state index contributed by atoms with van der Waals surface area (Å²) in [6.45, 7) is 2.06. The van der Waals surface area contributed by atoms with Crippen LogP contribution in [0.5, 0.6) is 0 Å². The molecular weight excluding hydrogens is 158 g/mol. The van der Waals surface area contributed by atoms with Gasteiger partial charge < -0.3 is 5.32 Å². The van der Waals surface area contributed by atoms with Gasteiger partial charge in [0.2, 0.25) is 0 Å². The Labute approximate surface area is 77.4 Å². The van der Waals surface area contributed by atoms with Crippen molar-refractivity contribution >= 4 is 10.8 Å². The van der Waals surface area contributed by atoms with Gasteiger partial charge in [-0.15, -0.1) is 0 Å². The third kappa shape index (κ3) is 1.04. The van der Waals surface area contributed by atoms with E-state index < -0.39 is 0 Å². The molecule has 0 saturated heterocycles. The molecule has 1 nitrogen and oxygen atoms in total. The molecule has 0 unspecified atom stereocenters. The smallest absolute Gasteiger partial charge is 0.0212 e. The minimum Gasteiger partial charge on any atom is -0.309 e. The molecule has 0 atom stereocenters. The Hall–Kier alpha value is -1.34. The van der Waals surface area contributed by atoms with Gasteiger partial charge in [-0.2, -0.15) is 0 Å². The zero-order valence-electron chi connectivity index (χ0n) is 7.38. The third-order valence-electron chi connectivity index (χ3n) is 2.70. The molecule has 1 aliphatic rings. The summed E-state index contributed by atoms with van der Waals surface area (Å²) in [7, 11) is 0. The molecule has 0 saturated carbocycles. The number of hydrogen-bond acceptors (Lipinski definition) is 1. The highest BCUT2D eigenvalue weighted by Crippen LogP contribution is 2.22. The van der Waals surface area contributed by atoms with E-state index in [9.17, 15) is 0 Å². The summed E-state index contributed by atoms with van der Waals surface area (Å²) in [6.07, 6.45) is 0. The molecule has 3 rings (SSSR count). The molecule has 0 bridgehead atoms. The molecule has 0 radical (unpaired) electrons. The van der Waals surface area contributed by atoms with Gasteiger partial charge in [-0.25, -0.2) is 0 Å². The molecular formula is C12H11N. The maximum atomic E-state index is 3.36. The van der Waals surface area contributed by atoms with Crippen molar-refractivity contribution in [3.8, 4) is 0 Å². The summed E-state index contributed by atoms with van der Waals surface area (Å²) < 4.78 is 0. The first-order chi connectivity index (χ1) is 6.43. The lowest BCUT2D eigenvalue weighted by atomic mass is 10.0. The monoisotopic (exact) mass is 169 g/mol. The fourth-order valence-corrected chi connectivity index (χ4v) is 2.00. The van der Waals surface area contributed by atoms with Crippen molar-refractivity contribution in [2.45, 2.75) is 13.1 Å². The summed E-state index contributed by atoms with van der Waals surface area (Å²) in [6, 6.07) is 13.1. The molecule has 2 aromatic rings. The highest BCUT2D eigenvalue weighted by molar-refractivity contribution is 5.84. The lowest BCUT2D eigenvalue weighted by molar-refractivity contribution is 0.765. The van der Waals surface area contributed by atoms with E-state index in [2.05, 4.69) is 41.7 Å². The molecule has 2 aromatic carbocycles. The van der Waals surface area contributed by atoms with Crippen LogP contribution in [-0.4, -0.2) is 0 Å². The summed E-state index contributed by atoms with van der Waals surface area (Å²) in [5.41, 5.74) is 2.91. The van der Waals surface area contributed by atoms with Gasteiger partial charge in [0.05, 0.1) is 0 Å². The Morgan fingerprint density at radius 2 is 1.38 bits per heavy atom. The van der Waals surface area contributed by atoms with Crippen LogP contribution in [0.1, 0.15) is 11.1 Å². The highest BCUT2D eigenvalue weighted by Gasteiger charge is 2.09. The molecule has 1 aliphatic heterocycles. The van der Waals surface area contributed by atoms with E-state index in [1.54, 1.807) is 0 Å². The molecule has 0 aliphatic carbocycles. The van der Waals surface area contributed by atoms with Crippen LogP contribution in [0.3, 0.4) is 0 Å². The van der Waals surface area contributed by atoms with E-state index in [1.807, 2.05) is 0 Å². The van der Waals surface area contributed by atoms with Crippen LogP contribution >= 0.6 is 0 Å². The molecule has 1 N–H and O–H groups in total. The summed E-state index contributed by atoms with van der Waals surface area (Å²) in [5.74, 6) is 0. The van der Waals surface area contributed by atoms with Crippen LogP contribution in [0.4, 0.5) is 0 Å². The van der Waals surface area contributed by atoms with E-state index in [4.69, 9.17) is 0 Å². The first-order valence-electron chi connectivity index (χ1n) is 4.65. The normalized spacial score (nSPS) is 14.8. The van der Waals surface area contributed by atoms with Crippen LogP contribution in [-0.2, 0) is 13.1 Å². The Balaban J connectivity index is 2.36. The van der Waals surface area contributed by atoms with Crippen LogP contribution in [0, 0.1) is 0 Å². The van der Waals surface area contributed by atoms with Crippen molar-refractivity contribution < 1.29 is 0 Å². The van der Waals surface area contributed by atoms with Crippen molar-refractivity contribution in [2.24, 2.45) is 0 Å². The molecule has 1 heteroatoms. The van der Waals surface area contributed by atoms with Crippen molar-refractivity contribution in [1.82, 2.24) is 5.32 Å². The standard InChI is InChI=1S/C12H11N/c1-2-4-10-6-12-8-13-7-11(12)5-9(10)3-1/h1-6,13H,7-8H2. The van der Waals surface area contributed by atoms with Crippen LogP contribution in [0.15, 0.2) is 36.4 Å². The molecule has 0 spiro atoms. The molecule has 0 fully saturated rings. The van der Waals surface area contributed by atoms with Gasteiger partial charge in [0.1, 0.15) is 0 Å². The second-order valence-corrected chi connectivity index (χ2v) is 3.57. The third-order valence-corrected chi connectivity index (χ3v) is 2.70. The molecule has 0 aromatic heterocycles. The zero-order chi connectivity index (χ0) is 8.67. The summed E-state index contributed by atoms with van der Waals surface area (Å²) in [4.78, 5) is 0. The van der Waals surface area contributed by atoms with Crippen LogP contribution in [0.2, 0.25) is 0 Å². The predicted molar refractivity (Wildman–Crippen MR) is 54.5 cm³/mol. The highest BCUT2D eigenvalue weighted by atomic mass is 14.9. The Morgan fingerprint density at radius 3 is 1.92 bits per heavy atom. The molecule has 13 heavy (non-hydrogen) atoms. The van der Waals surface area contributed by atoms with Crippen molar-refractivity contribution in [3.05, 3.63) is 47.5 Å². The van der Waals surface area contributed by atoms with E-state index in [0.29, 0.717) is 0 Å². The van der Waals surface area contributed by atoms with Crippen molar-refractivity contribution in [1.29, 1.82) is 0 Å². The molecule has 64 valence electrons. The van der Waals surface area contributed by atoms with Gasteiger partial charge in [-0.1, -0.05) is 24.3 Å². The van der Waals surface area contributed by atoms with Crippen molar-refractivity contribution in [2.75, 3.05) is 0 Å². The minimum atomic E-state index is 1.03. The lowest BCUT2D eigenvalue weighted by Gasteiger charge is -2.01. The zero-order valence-corrected chi connectivity index (χ0v) is 7.38. The Bertz CT molecular complexity index is 417. The molecule has 0 amide bonds. The number of hydrogen-bond donors (Lipinski definition) is 1. The number of fused-ring (bicyclic) bond motifs is 2. The predicted octanol–water partition coefficient (Wildman–Crippen LogP) is 2.44. The fourth-order valence-electron chi connectivity index (χ4n) is 2.00. The van der Waals surface area contributed by atoms with E-state index in [1.165, 1.54) is 21.9 Å². The topological polar surface area (TPSA) is 12.0 Å². The second kappa shape index (κ2) is 2.57. The SMILES string of the molecule is c1ccc2cc3c(cc2c1)CNC3. The van der Waals surface area contributed by atoms with Crippen LogP contribution in [0.25, 0.3) is 10.8 Å². The van der Waals surface area contributed by atoms with E-state index in [-0.39, 0.29) is 0 Å². The number of rotatable bonds is 0. The summed E-state index contributed by atoms with van der Waals surface area (Å²) in [5, 5.41) is 6.07. The first kappa shape index (κ1) is 7.10. The number of benzene rings is 2. The largest absolute Gasteiger partial charge is 0.309 e. The minimum absolute atomic E-state index is 1.03. The lowest BCUT2D eigenvalue weighted by Crippen LogP contribution is -1.99. The van der Waals surface area contributed by atoms with Crippen LogP contribution < -0.4 is 5.32 Å². The van der Waals surface area contributed by atoms with E-state index >= 15 is 0 Å². The average molecular weight is 169 g/mol. The van der Waals surface area contributed by atoms with Gasteiger partial charge in [0.15, 0.2) is 0 Å². The maximum Gasteiger partial charge on any atom is 0.0212 e. The fraction of sp³-hybridized carbons (Fsp3) is 0.167. The van der Waals surface area contributed by atoms with Gasteiger partial charge >= 0.3 is 0 Å². The maximum absolute atomic E-state index is 3.36. The number of nitrogens with one attached hydrogen (secondary N) is 1. The van der Waals surface area contributed by atoms with Gasteiger partial charge in [0, 0.05) is 13.1 Å². The van der Waals surface area contributed by atoms with Crippen molar-refractivity contribution in [3.63, 3.8) is 0 Å². The second-order valence-electron chi connectivity index (χ2n) is 3.57. The van der Waals surface area contributed by atoms with Gasteiger partial charge in [0.25, 0.3) is 0 Å². The Morgan fingerprint density at radius 1 is 0.846 bits per heavy atom. The Kier molecular flexibility index (Phi) is 1.41. The van der Waals surface area contributed by atoms with Gasteiger partial charge in [-0.3, -0.25) is 0 Å².